The molecule has 0 atom stereocenters. The molecule has 32 heavy (non-hydrogen) atoms. The monoisotopic (exact) mass is 437 g/mol. The van der Waals surface area contributed by atoms with Gasteiger partial charge < -0.3 is 14.8 Å². The summed E-state index contributed by atoms with van der Waals surface area (Å²) in [5.41, 5.74) is 1.46. The summed E-state index contributed by atoms with van der Waals surface area (Å²) in [5, 5.41) is 2.70. The van der Waals surface area contributed by atoms with Crippen LogP contribution in [0.15, 0.2) is 116 Å². The van der Waals surface area contributed by atoms with Crippen molar-refractivity contribution >= 4 is 5.91 Å². The lowest BCUT2D eigenvalue weighted by molar-refractivity contribution is -0.118. The standard InChI is InChI=1S/C24H27NO3.2C2H6/c1-6-10-17-24(22(9-4)27-18-20-15-12-11-13-16-20)28-23(14-7-2)21(8-3)25-19(5)26;2*1-2/h6-17H,1,3-4,18H2,2,5H3,(H,25,26);2*1-2H3/b14-7-,17-10-,23-21-,24-22-;;. The summed E-state index contributed by atoms with van der Waals surface area (Å²) in [6.45, 7) is 22.9. The van der Waals surface area contributed by atoms with E-state index in [2.05, 4.69) is 25.1 Å². The zero-order chi connectivity index (χ0) is 24.8. The van der Waals surface area contributed by atoms with Gasteiger partial charge in [0.05, 0.1) is 5.70 Å². The molecule has 0 radical (unpaired) electrons. The van der Waals surface area contributed by atoms with Gasteiger partial charge >= 0.3 is 0 Å². The Balaban J connectivity index is 0. The van der Waals surface area contributed by atoms with E-state index < -0.39 is 0 Å². The van der Waals surface area contributed by atoms with Gasteiger partial charge in [0.15, 0.2) is 17.3 Å². The minimum atomic E-state index is -0.225. The molecule has 0 aliphatic rings. The van der Waals surface area contributed by atoms with Gasteiger partial charge in [-0.1, -0.05) is 96.0 Å². The van der Waals surface area contributed by atoms with Gasteiger partial charge in [-0.15, -0.1) is 0 Å². The van der Waals surface area contributed by atoms with Crippen molar-refractivity contribution in [2.24, 2.45) is 0 Å². The molecule has 1 rings (SSSR count). The fraction of sp³-hybridized carbons (Fsp3) is 0.250. The van der Waals surface area contributed by atoms with Crippen LogP contribution in [-0.2, 0) is 20.9 Å². The first kappa shape index (κ1) is 30.7. The van der Waals surface area contributed by atoms with Crippen LogP contribution >= 0.6 is 0 Å². The second-order valence-electron chi connectivity index (χ2n) is 5.57. The summed E-state index contributed by atoms with van der Waals surface area (Å²) in [7, 11) is 0. The molecule has 0 saturated heterocycles. The molecule has 0 heterocycles. The van der Waals surface area contributed by atoms with Crippen LogP contribution in [0, 0.1) is 0 Å². The lowest BCUT2D eigenvalue weighted by Crippen LogP contribution is -2.20. The van der Waals surface area contributed by atoms with Crippen molar-refractivity contribution in [1.29, 1.82) is 0 Å². The van der Waals surface area contributed by atoms with E-state index in [1.54, 1.807) is 36.5 Å². The zero-order valence-electron chi connectivity index (χ0n) is 20.5. The number of hydrogen-bond acceptors (Lipinski definition) is 3. The van der Waals surface area contributed by atoms with Crippen LogP contribution in [0.2, 0.25) is 0 Å². The molecule has 4 nitrogen and oxygen atoms in total. The highest BCUT2D eigenvalue weighted by molar-refractivity contribution is 5.75. The third-order valence-corrected chi connectivity index (χ3v) is 3.37. The maximum Gasteiger partial charge on any atom is 0.221 e. The molecule has 0 saturated carbocycles. The molecule has 1 amide bonds. The molecular weight excluding hydrogens is 398 g/mol. The first-order chi connectivity index (χ1) is 15.5. The largest absolute Gasteiger partial charge is 0.485 e. The van der Waals surface area contributed by atoms with E-state index in [1.807, 2.05) is 65.0 Å². The first-order valence-electron chi connectivity index (χ1n) is 10.8. The van der Waals surface area contributed by atoms with Crippen LogP contribution in [0.1, 0.15) is 47.1 Å². The van der Waals surface area contributed by atoms with Gasteiger partial charge in [-0.3, -0.25) is 4.79 Å². The van der Waals surface area contributed by atoms with Crippen molar-refractivity contribution < 1.29 is 14.3 Å². The van der Waals surface area contributed by atoms with Gasteiger partial charge in [0.1, 0.15) is 6.61 Å². The van der Waals surface area contributed by atoms with Crippen molar-refractivity contribution in [1.82, 2.24) is 5.32 Å². The summed E-state index contributed by atoms with van der Waals surface area (Å²) >= 11 is 0. The lowest BCUT2D eigenvalue weighted by atomic mass is 10.2. The van der Waals surface area contributed by atoms with Crippen molar-refractivity contribution in [3.63, 3.8) is 0 Å². The Labute approximate surface area is 195 Å². The maximum absolute atomic E-state index is 11.5. The van der Waals surface area contributed by atoms with E-state index in [4.69, 9.17) is 9.47 Å². The molecule has 1 N–H and O–H groups in total. The van der Waals surface area contributed by atoms with E-state index in [0.29, 0.717) is 29.6 Å². The molecule has 0 aromatic heterocycles. The molecule has 0 aliphatic heterocycles. The van der Waals surface area contributed by atoms with Gasteiger partial charge in [0.2, 0.25) is 5.91 Å². The average molecular weight is 438 g/mol. The number of allylic oxidation sites excluding steroid dienone is 7. The van der Waals surface area contributed by atoms with E-state index in [1.165, 1.54) is 13.0 Å². The Morgan fingerprint density at radius 2 is 1.56 bits per heavy atom. The van der Waals surface area contributed by atoms with Gasteiger partial charge in [-0.25, -0.2) is 0 Å². The normalized spacial score (nSPS) is 11.6. The summed E-state index contributed by atoms with van der Waals surface area (Å²) in [5.74, 6) is 1.06. The molecule has 0 unspecified atom stereocenters. The number of ether oxygens (including phenoxy) is 2. The predicted octanol–water partition coefficient (Wildman–Crippen LogP) is 7.52. The smallest absolute Gasteiger partial charge is 0.221 e. The van der Waals surface area contributed by atoms with Crippen LogP contribution in [-0.4, -0.2) is 5.91 Å². The highest BCUT2D eigenvalue weighted by atomic mass is 16.5. The van der Waals surface area contributed by atoms with Crippen LogP contribution in [0.5, 0.6) is 0 Å². The molecule has 0 aliphatic carbocycles. The Bertz CT molecular complexity index is 812. The SMILES string of the molecule is C=C/C=C\C(OC(/C=C\C)=C(/C=C)NC(C)=O)=C(/C=C)OCc1ccccc1.CC.CC. The summed E-state index contributed by atoms with van der Waals surface area (Å²) < 4.78 is 11.9. The second kappa shape index (κ2) is 20.7. The number of carbonyl (C=O) groups excluding carboxylic acids is 1. The molecule has 1 aromatic carbocycles. The van der Waals surface area contributed by atoms with E-state index >= 15 is 0 Å². The fourth-order valence-electron chi connectivity index (χ4n) is 2.14. The third-order valence-electron chi connectivity index (χ3n) is 3.37. The Hall–Kier alpha value is -3.53. The highest BCUT2D eigenvalue weighted by Crippen LogP contribution is 2.20. The molecule has 1 aromatic rings. The number of carbonyl (C=O) groups is 1. The van der Waals surface area contributed by atoms with Gasteiger partial charge in [-0.2, -0.15) is 0 Å². The number of rotatable bonds is 11. The predicted molar refractivity (Wildman–Crippen MR) is 137 cm³/mol. The average Bonchev–Trinajstić information content (AvgIpc) is 2.83. The Kier molecular flexibility index (Phi) is 19.9. The van der Waals surface area contributed by atoms with Gasteiger partial charge in [0.25, 0.3) is 0 Å². The van der Waals surface area contributed by atoms with E-state index in [-0.39, 0.29) is 5.91 Å². The van der Waals surface area contributed by atoms with Crippen LogP contribution in [0.4, 0.5) is 0 Å². The van der Waals surface area contributed by atoms with Crippen LogP contribution < -0.4 is 5.32 Å². The number of nitrogens with one attached hydrogen (secondary N) is 1. The Morgan fingerprint density at radius 1 is 0.938 bits per heavy atom. The lowest BCUT2D eigenvalue weighted by Gasteiger charge is -2.15. The van der Waals surface area contributed by atoms with Gasteiger partial charge in [0, 0.05) is 6.92 Å². The minimum absolute atomic E-state index is 0.225. The molecule has 0 spiro atoms. The first-order valence-corrected chi connectivity index (χ1v) is 10.8. The highest BCUT2D eigenvalue weighted by Gasteiger charge is 2.11. The molecule has 0 bridgehead atoms. The number of benzene rings is 1. The maximum atomic E-state index is 11.5. The zero-order valence-corrected chi connectivity index (χ0v) is 20.5. The molecular formula is C28H39NO3. The second-order valence-corrected chi connectivity index (χ2v) is 5.57. The van der Waals surface area contributed by atoms with Crippen molar-refractivity contribution in [2.75, 3.05) is 0 Å². The minimum Gasteiger partial charge on any atom is -0.485 e. The molecule has 0 fully saturated rings. The summed E-state index contributed by atoms with van der Waals surface area (Å²) in [4.78, 5) is 11.5. The number of amides is 1. The summed E-state index contributed by atoms with van der Waals surface area (Å²) in [6, 6.07) is 9.78. The van der Waals surface area contributed by atoms with Crippen molar-refractivity contribution in [3.05, 3.63) is 121 Å². The van der Waals surface area contributed by atoms with E-state index in [9.17, 15) is 4.79 Å². The molecule has 174 valence electrons. The fourth-order valence-corrected chi connectivity index (χ4v) is 2.14. The topological polar surface area (TPSA) is 47.6 Å². The molecule has 4 heteroatoms. The third kappa shape index (κ3) is 12.9. The van der Waals surface area contributed by atoms with Gasteiger partial charge in [-0.05, 0) is 36.8 Å². The van der Waals surface area contributed by atoms with Crippen molar-refractivity contribution in [2.45, 2.75) is 48.1 Å². The van der Waals surface area contributed by atoms with Crippen LogP contribution in [0.3, 0.4) is 0 Å². The van der Waals surface area contributed by atoms with Crippen LogP contribution in [0.25, 0.3) is 0 Å². The number of hydrogen-bond donors (Lipinski definition) is 1. The Morgan fingerprint density at radius 3 is 2.03 bits per heavy atom. The quantitative estimate of drug-likeness (QED) is 0.288. The summed E-state index contributed by atoms with van der Waals surface area (Å²) in [6.07, 6.45) is 11.7. The van der Waals surface area contributed by atoms with E-state index in [0.717, 1.165) is 5.56 Å². The van der Waals surface area contributed by atoms with Crippen molar-refractivity contribution in [3.8, 4) is 0 Å².